The Morgan fingerprint density at radius 2 is 2.57 bits per heavy atom. The zero-order chi connectivity index (χ0) is 9.97. The normalized spacial score (nSPS) is 16.4. The molecule has 0 spiro atoms. The number of carbonyl (C=O) groups excluding carboxylic acids is 1. The first-order valence-electron chi connectivity index (χ1n) is 4.53. The average molecular weight is 212 g/mol. The number of nitrogens with zero attached hydrogens (tertiary/aromatic N) is 1. The van der Waals surface area contributed by atoms with Gasteiger partial charge in [-0.05, 0) is 19.0 Å². The first kappa shape index (κ1) is 9.61. The van der Waals surface area contributed by atoms with Gasteiger partial charge in [0.05, 0.1) is 18.3 Å². The van der Waals surface area contributed by atoms with Gasteiger partial charge in [0.25, 0.3) is 0 Å². The molecule has 5 heteroatoms. The summed E-state index contributed by atoms with van der Waals surface area (Å²) >= 11 is 1.43. The highest BCUT2D eigenvalue weighted by atomic mass is 32.1. The van der Waals surface area contributed by atoms with E-state index in [2.05, 4.69) is 15.0 Å². The molecular formula is C9H12N2O2S. The van der Waals surface area contributed by atoms with E-state index in [4.69, 9.17) is 0 Å². The molecule has 2 heterocycles. The number of aromatic nitrogens is 1. The summed E-state index contributed by atoms with van der Waals surface area (Å²) in [4.78, 5) is 15.9. The van der Waals surface area contributed by atoms with Crippen molar-refractivity contribution in [1.29, 1.82) is 0 Å². The summed E-state index contributed by atoms with van der Waals surface area (Å²) in [5, 5.41) is 4.23. The van der Waals surface area contributed by atoms with Crippen LogP contribution in [0.5, 0.6) is 0 Å². The van der Waals surface area contributed by atoms with Gasteiger partial charge in [-0.25, -0.2) is 9.78 Å². The van der Waals surface area contributed by atoms with Gasteiger partial charge >= 0.3 is 5.97 Å². The van der Waals surface area contributed by atoms with Crippen molar-refractivity contribution in [3.63, 3.8) is 0 Å². The number of ether oxygens (including phenoxy) is 1. The van der Waals surface area contributed by atoms with Gasteiger partial charge in [-0.2, -0.15) is 0 Å². The second-order valence-electron chi connectivity index (χ2n) is 3.34. The van der Waals surface area contributed by atoms with Crippen molar-refractivity contribution in [3.05, 3.63) is 16.1 Å². The molecule has 0 bridgehead atoms. The highest BCUT2D eigenvalue weighted by Gasteiger charge is 2.19. The summed E-state index contributed by atoms with van der Waals surface area (Å²) in [5.41, 5.74) is 0. The van der Waals surface area contributed by atoms with Crippen molar-refractivity contribution >= 4 is 17.3 Å². The second kappa shape index (κ2) is 4.06. The maximum atomic E-state index is 11.1. The lowest BCUT2D eigenvalue weighted by atomic mass is 10.0. The molecule has 1 aliphatic rings. The lowest BCUT2D eigenvalue weighted by Gasteiger charge is -2.25. The Kier molecular flexibility index (Phi) is 2.79. The third kappa shape index (κ3) is 1.93. The van der Waals surface area contributed by atoms with E-state index in [1.54, 1.807) is 6.20 Å². The molecule has 1 N–H and O–H groups in total. The van der Waals surface area contributed by atoms with E-state index < -0.39 is 0 Å². The van der Waals surface area contributed by atoms with Crippen LogP contribution in [-0.4, -0.2) is 31.2 Å². The molecule has 1 aromatic heterocycles. The molecule has 14 heavy (non-hydrogen) atoms. The molecule has 1 aliphatic heterocycles. The third-order valence-electron chi connectivity index (χ3n) is 2.27. The summed E-state index contributed by atoms with van der Waals surface area (Å²) in [5.74, 6) is 0.395. The van der Waals surface area contributed by atoms with E-state index in [1.165, 1.54) is 18.4 Å². The van der Waals surface area contributed by atoms with E-state index in [1.807, 2.05) is 0 Å². The first-order chi connectivity index (χ1) is 6.79. The quantitative estimate of drug-likeness (QED) is 0.749. The van der Waals surface area contributed by atoms with Gasteiger partial charge in [0.15, 0.2) is 0 Å². The highest BCUT2D eigenvalue weighted by Crippen LogP contribution is 2.19. The van der Waals surface area contributed by atoms with Crippen LogP contribution in [0.25, 0.3) is 0 Å². The Morgan fingerprint density at radius 1 is 1.79 bits per heavy atom. The Labute approximate surface area is 86.3 Å². The molecule has 0 atom stereocenters. The summed E-state index contributed by atoms with van der Waals surface area (Å²) < 4.78 is 4.61. The van der Waals surface area contributed by atoms with Gasteiger partial charge in [0, 0.05) is 6.42 Å². The van der Waals surface area contributed by atoms with Crippen LogP contribution >= 0.6 is 11.3 Å². The van der Waals surface area contributed by atoms with Crippen LogP contribution in [0.4, 0.5) is 0 Å². The Balaban J connectivity index is 1.98. The summed E-state index contributed by atoms with van der Waals surface area (Å²) in [6.45, 7) is 2.13. The van der Waals surface area contributed by atoms with Crippen LogP contribution in [0.15, 0.2) is 6.20 Å². The molecule has 0 amide bonds. The molecule has 0 aromatic carbocycles. The monoisotopic (exact) mass is 212 g/mol. The number of carbonyl (C=O) groups is 1. The van der Waals surface area contributed by atoms with Crippen LogP contribution in [0.1, 0.15) is 14.7 Å². The van der Waals surface area contributed by atoms with Crippen molar-refractivity contribution in [1.82, 2.24) is 10.3 Å². The Morgan fingerprint density at radius 3 is 3.14 bits per heavy atom. The minimum absolute atomic E-state index is 0.291. The minimum Gasteiger partial charge on any atom is -0.465 e. The number of hydrogen-bond donors (Lipinski definition) is 1. The predicted molar refractivity (Wildman–Crippen MR) is 53.5 cm³/mol. The number of methoxy groups -OCH3 is 1. The van der Waals surface area contributed by atoms with Gasteiger partial charge < -0.3 is 10.1 Å². The minimum atomic E-state index is -0.291. The van der Waals surface area contributed by atoms with Crippen LogP contribution in [0.3, 0.4) is 0 Å². The van der Waals surface area contributed by atoms with E-state index in [9.17, 15) is 4.79 Å². The van der Waals surface area contributed by atoms with Gasteiger partial charge in [-0.1, -0.05) is 0 Å². The maximum absolute atomic E-state index is 11.1. The number of hydrogen-bond acceptors (Lipinski definition) is 5. The lowest BCUT2D eigenvalue weighted by Crippen LogP contribution is -2.43. The summed E-state index contributed by atoms with van der Waals surface area (Å²) in [6, 6.07) is 0. The number of esters is 1. The lowest BCUT2D eigenvalue weighted by molar-refractivity contribution is 0.0606. The fraction of sp³-hybridized carbons (Fsp3) is 0.556. The maximum Gasteiger partial charge on any atom is 0.349 e. The van der Waals surface area contributed by atoms with Crippen molar-refractivity contribution in [2.24, 2.45) is 5.92 Å². The smallest absolute Gasteiger partial charge is 0.349 e. The molecule has 1 aromatic rings. The van der Waals surface area contributed by atoms with Crippen molar-refractivity contribution < 1.29 is 9.53 Å². The van der Waals surface area contributed by atoms with E-state index in [0.29, 0.717) is 10.8 Å². The molecule has 76 valence electrons. The fourth-order valence-corrected chi connectivity index (χ4v) is 2.29. The predicted octanol–water partition coefficient (Wildman–Crippen LogP) is 0.692. The highest BCUT2D eigenvalue weighted by molar-refractivity contribution is 7.13. The third-order valence-corrected chi connectivity index (χ3v) is 3.27. The van der Waals surface area contributed by atoms with Gasteiger partial charge in [-0.15, -0.1) is 11.3 Å². The van der Waals surface area contributed by atoms with Gasteiger partial charge in [0.1, 0.15) is 4.88 Å². The van der Waals surface area contributed by atoms with Gasteiger partial charge in [-0.3, -0.25) is 0 Å². The molecule has 0 saturated carbocycles. The number of rotatable bonds is 3. The van der Waals surface area contributed by atoms with Crippen LogP contribution in [0, 0.1) is 5.92 Å². The van der Waals surface area contributed by atoms with Crippen molar-refractivity contribution in [2.45, 2.75) is 6.42 Å². The number of thiazole rings is 1. The molecule has 0 aliphatic carbocycles. The SMILES string of the molecule is COC(=O)c1cnc(CC2CNC2)s1. The Hall–Kier alpha value is -0.940. The topological polar surface area (TPSA) is 51.2 Å². The summed E-state index contributed by atoms with van der Waals surface area (Å²) in [7, 11) is 1.39. The van der Waals surface area contributed by atoms with E-state index in [0.717, 1.165) is 24.5 Å². The standard InChI is InChI=1S/C9H12N2O2S/c1-13-9(12)7-5-11-8(14-7)2-6-3-10-4-6/h5-6,10H,2-4H2,1H3. The number of nitrogens with one attached hydrogen (secondary N) is 1. The molecular weight excluding hydrogens is 200 g/mol. The largest absolute Gasteiger partial charge is 0.465 e. The zero-order valence-corrected chi connectivity index (χ0v) is 8.76. The Bertz CT molecular complexity index is 333. The van der Waals surface area contributed by atoms with Crippen LogP contribution in [0.2, 0.25) is 0 Å². The average Bonchev–Trinajstić information content (AvgIpc) is 2.58. The molecule has 0 radical (unpaired) electrons. The molecule has 2 rings (SSSR count). The first-order valence-corrected chi connectivity index (χ1v) is 5.35. The zero-order valence-electron chi connectivity index (χ0n) is 7.95. The van der Waals surface area contributed by atoms with E-state index in [-0.39, 0.29) is 5.97 Å². The fourth-order valence-electron chi connectivity index (χ4n) is 1.34. The van der Waals surface area contributed by atoms with Crippen LogP contribution < -0.4 is 5.32 Å². The summed E-state index contributed by atoms with van der Waals surface area (Å²) in [6.07, 6.45) is 2.56. The van der Waals surface area contributed by atoms with Gasteiger partial charge in [0.2, 0.25) is 0 Å². The van der Waals surface area contributed by atoms with Crippen molar-refractivity contribution in [3.8, 4) is 0 Å². The molecule has 1 fully saturated rings. The van der Waals surface area contributed by atoms with Crippen LogP contribution in [-0.2, 0) is 11.2 Å². The molecule has 0 unspecified atom stereocenters. The second-order valence-corrected chi connectivity index (χ2v) is 4.45. The van der Waals surface area contributed by atoms with E-state index >= 15 is 0 Å². The molecule has 1 saturated heterocycles. The molecule has 4 nitrogen and oxygen atoms in total. The van der Waals surface area contributed by atoms with Crippen molar-refractivity contribution in [2.75, 3.05) is 20.2 Å².